The maximum Gasteiger partial charge on any atom is 0.243 e. The highest BCUT2D eigenvalue weighted by Crippen LogP contribution is 2.23. The zero-order valence-corrected chi connectivity index (χ0v) is 18.2. The molecule has 0 saturated carbocycles. The zero-order chi connectivity index (χ0) is 20.5. The first-order chi connectivity index (χ1) is 13.7. The van der Waals surface area contributed by atoms with Crippen LogP contribution in [0.2, 0.25) is 0 Å². The van der Waals surface area contributed by atoms with Crippen LogP contribution in [0.1, 0.15) is 51.4 Å². The van der Waals surface area contributed by atoms with Crippen LogP contribution < -0.4 is 11.0 Å². The summed E-state index contributed by atoms with van der Waals surface area (Å²) in [5.41, 5.74) is 4.64. The third-order valence-electron chi connectivity index (χ3n) is 3.64. The molecule has 0 aliphatic heterocycles. The third-order valence-corrected chi connectivity index (χ3v) is 5.67. The number of hydrogen-bond donors (Lipinski definition) is 2. The monoisotopic (exact) mass is 430 g/mol. The molecule has 2 N–H and O–H groups in total. The van der Waals surface area contributed by atoms with Gasteiger partial charge in [-0.25, -0.2) is 20.9 Å². The molecule has 2 amide bonds. The lowest BCUT2D eigenvalue weighted by Crippen LogP contribution is -2.21. The molecule has 0 bridgehead atoms. The van der Waals surface area contributed by atoms with E-state index in [-0.39, 0.29) is 11.8 Å². The molecule has 0 fully saturated rings. The van der Waals surface area contributed by atoms with E-state index in [1.165, 1.54) is 14.2 Å². The molecule has 0 unspecified atom stereocenters. The van der Waals surface area contributed by atoms with Gasteiger partial charge >= 0.3 is 0 Å². The second-order valence-electron chi connectivity index (χ2n) is 5.97. The quantitative estimate of drug-likeness (QED) is 0.178. The van der Waals surface area contributed by atoms with Crippen LogP contribution in [0.5, 0.6) is 0 Å². The van der Waals surface area contributed by atoms with Crippen molar-refractivity contribution in [2.45, 2.75) is 61.4 Å². The standard InChI is InChI=1S/C18H30N4O4S2/c1-25-21-15(23)9-5-3-7-11-27-17-13-18(20-14-19-17)28-12-8-4-6-10-16(24)22-26-2/h13-14H,3-12H2,1-2H3,(H,21,23)(H,22,24). The van der Waals surface area contributed by atoms with Crippen LogP contribution in [-0.2, 0) is 19.3 Å². The van der Waals surface area contributed by atoms with Crippen molar-refractivity contribution in [3.05, 3.63) is 12.4 Å². The predicted molar refractivity (Wildman–Crippen MR) is 111 cm³/mol. The van der Waals surface area contributed by atoms with E-state index in [2.05, 4.69) is 30.6 Å². The molecule has 1 heterocycles. The number of hydrogen-bond acceptors (Lipinski definition) is 8. The van der Waals surface area contributed by atoms with Crippen LogP contribution >= 0.6 is 23.5 Å². The van der Waals surface area contributed by atoms with Crippen molar-refractivity contribution in [3.63, 3.8) is 0 Å². The van der Waals surface area contributed by atoms with Gasteiger partial charge in [0.05, 0.1) is 14.2 Å². The molecule has 1 aromatic heterocycles. The number of nitrogens with zero attached hydrogens (tertiary/aromatic N) is 2. The Kier molecular flexibility index (Phi) is 14.6. The van der Waals surface area contributed by atoms with Gasteiger partial charge in [-0.05, 0) is 37.2 Å². The summed E-state index contributed by atoms with van der Waals surface area (Å²) in [5.74, 6) is 1.78. The number of carbonyl (C=O) groups is 2. The normalized spacial score (nSPS) is 10.6. The minimum Gasteiger partial charge on any atom is -0.277 e. The lowest BCUT2D eigenvalue weighted by Gasteiger charge is -2.05. The largest absolute Gasteiger partial charge is 0.277 e. The van der Waals surface area contributed by atoms with Crippen LogP contribution in [0.15, 0.2) is 22.4 Å². The molecule has 28 heavy (non-hydrogen) atoms. The Hall–Kier alpha value is -1.36. The first kappa shape index (κ1) is 24.7. The zero-order valence-electron chi connectivity index (χ0n) is 16.6. The Labute approximate surface area is 175 Å². The number of amides is 2. The summed E-state index contributed by atoms with van der Waals surface area (Å²) in [6, 6.07) is 2.02. The van der Waals surface area contributed by atoms with Gasteiger partial charge in [0.2, 0.25) is 11.8 Å². The molecule has 1 rings (SSSR count). The third kappa shape index (κ3) is 12.9. The number of thioether (sulfide) groups is 2. The maximum atomic E-state index is 11.3. The second kappa shape index (κ2) is 16.6. The Morgan fingerprint density at radius 3 is 1.71 bits per heavy atom. The molecule has 0 aromatic carbocycles. The lowest BCUT2D eigenvalue weighted by atomic mass is 10.2. The van der Waals surface area contributed by atoms with E-state index < -0.39 is 0 Å². The van der Waals surface area contributed by atoms with E-state index in [0.717, 1.165) is 60.1 Å². The van der Waals surface area contributed by atoms with Crippen LogP contribution in [-0.4, -0.2) is 47.5 Å². The Balaban J connectivity index is 2.10. The van der Waals surface area contributed by atoms with Crippen molar-refractivity contribution >= 4 is 35.3 Å². The SMILES string of the molecule is CONC(=O)CCCCCSc1cc(SCCCCCC(=O)NOC)ncn1. The fraction of sp³-hybridized carbons (Fsp3) is 0.667. The molecule has 10 heteroatoms. The highest BCUT2D eigenvalue weighted by molar-refractivity contribution is 8.00. The van der Waals surface area contributed by atoms with Crippen molar-refractivity contribution in [1.29, 1.82) is 0 Å². The van der Waals surface area contributed by atoms with Crippen molar-refractivity contribution in [1.82, 2.24) is 20.9 Å². The molecule has 8 nitrogen and oxygen atoms in total. The molecule has 0 atom stereocenters. The molecule has 0 aliphatic carbocycles. The first-order valence-corrected chi connectivity index (χ1v) is 11.3. The highest BCUT2D eigenvalue weighted by atomic mass is 32.2. The smallest absolute Gasteiger partial charge is 0.243 e. The van der Waals surface area contributed by atoms with Gasteiger partial charge in [-0.1, -0.05) is 12.8 Å². The number of aromatic nitrogens is 2. The van der Waals surface area contributed by atoms with Crippen LogP contribution in [0.3, 0.4) is 0 Å². The number of unbranched alkanes of at least 4 members (excludes halogenated alkanes) is 4. The fourth-order valence-electron chi connectivity index (χ4n) is 2.29. The number of hydroxylamine groups is 2. The van der Waals surface area contributed by atoms with Gasteiger partial charge in [0.25, 0.3) is 0 Å². The fourth-order valence-corrected chi connectivity index (χ4v) is 4.12. The topological polar surface area (TPSA) is 102 Å². The maximum absolute atomic E-state index is 11.3. The van der Waals surface area contributed by atoms with E-state index >= 15 is 0 Å². The van der Waals surface area contributed by atoms with Gasteiger partial charge in [-0.15, -0.1) is 23.5 Å². The Bertz CT molecular complexity index is 533. The summed E-state index contributed by atoms with van der Waals surface area (Å²) in [5, 5.41) is 1.96. The first-order valence-electron chi connectivity index (χ1n) is 9.37. The molecule has 1 aromatic rings. The van der Waals surface area contributed by atoms with E-state index in [0.29, 0.717) is 12.8 Å². The Morgan fingerprint density at radius 2 is 1.29 bits per heavy atom. The average Bonchev–Trinajstić information content (AvgIpc) is 2.68. The summed E-state index contributed by atoms with van der Waals surface area (Å²) in [6.07, 6.45) is 8.37. The van der Waals surface area contributed by atoms with Gasteiger partial charge < -0.3 is 0 Å². The van der Waals surface area contributed by atoms with Gasteiger partial charge in [0.15, 0.2) is 0 Å². The summed E-state index contributed by atoms with van der Waals surface area (Å²) in [6.45, 7) is 0. The minimum atomic E-state index is -0.0779. The lowest BCUT2D eigenvalue weighted by molar-refractivity contribution is -0.132. The van der Waals surface area contributed by atoms with Gasteiger partial charge in [-0.2, -0.15) is 0 Å². The van der Waals surface area contributed by atoms with Crippen molar-refractivity contribution in [3.8, 4) is 0 Å². The molecule has 0 radical (unpaired) electrons. The molecule has 0 saturated heterocycles. The number of rotatable bonds is 16. The van der Waals surface area contributed by atoms with Gasteiger partial charge in [-0.3, -0.25) is 19.3 Å². The predicted octanol–water partition coefficient (Wildman–Crippen LogP) is 3.14. The molecular weight excluding hydrogens is 400 g/mol. The Morgan fingerprint density at radius 1 is 0.821 bits per heavy atom. The summed E-state index contributed by atoms with van der Waals surface area (Å²) >= 11 is 3.43. The summed E-state index contributed by atoms with van der Waals surface area (Å²) < 4.78 is 0. The summed E-state index contributed by atoms with van der Waals surface area (Å²) in [4.78, 5) is 40.3. The van der Waals surface area contributed by atoms with Gasteiger partial charge in [0, 0.05) is 18.9 Å². The van der Waals surface area contributed by atoms with E-state index in [9.17, 15) is 9.59 Å². The second-order valence-corrected chi connectivity index (χ2v) is 8.20. The van der Waals surface area contributed by atoms with Crippen LogP contribution in [0, 0.1) is 0 Å². The van der Waals surface area contributed by atoms with Crippen LogP contribution in [0.25, 0.3) is 0 Å². The van der Waals surface area contributed by atoms with E-state index in [1.807, 2.05) is 6.07 Å². The van der Waals surface area contributed by atoms with Crippen LogP contribution in [0.4, 0.5) is 0 Å². The molecule has 0 aliphatic rings. The molecule has 158 valence electrons. The number of nitrogens with one attached hydrogen (secondary N) is 2. The van der Waals surface area contributed by atoms with E-state index in [4.69, 9.17) is 0 Å². The average molecular weight is 431 g/mol. The summed E-state index contributed by atoms with van der Waals surface area (Å²) in [7, 11) is 2.88. The van der Waals surface area contributed by atoms with Crippen molar-refractivity contribution in [2.75, 3.05) is 25.7 Å². The number of carbonyl (C=O) groups excluding carboxylic acids is 2. The van der Waals surface area contributed by atoms with Crippen molar-refractivity contribution < 1.29 is 19.3 Å². The van der Waals surface area contributed by atoms with Gasteiger partial charge in [0.1, 0.15) is 16.4 Å². The molecular formula is C18H30N4O4S2. The minimum absolute atomic E-state index is 0.0779. The van der Waals surface area contributed by atoms with Crippen molar-refractivity contribution in [2.24, 2.45) is 0 Å². The molecule has 0 spiro atoms. The highest BCUT2D eigenvalue weighted by Gasteiger charge is 2.03. The van der Waals surface area contributed by atoms with E-state index in [1.54, 1.807) is 29.9 Å².